The molecular formula is C9H18O2S. The lowest BCUT2D eigenvalue weighted by Gasteiger charge is -2.23. The van der Waals surface area contributed by atoms with Gasteiger partial charge in [-0.25, -0.2) is 0 Å². The molecule has 0 radical (unpaired) electrons. The van der Waals surface area contributed by atoms with Crippen molar-refractivity contribution in [3.8, 4) is 0 Å². The number of thioether (sulfide) groups is 1. The average molecular weight is 190 g/mol. The second-order valence-electron chi connectivity index (χ2n) is 3.32. The summed E-state index contributed by atoms with van der Waals surface area (Å²) in [6.45, 7) is 3.25. The van der Waals surface area contributed by atoms with Gasteiger partial charge < -0.3 is 9.84 Å². The van der Waals surface area contributed by atoms with E-state index in [9.17, 15) is 0 Å². The molecule has 1 N–H and O–H groups in total. The third-order valence-electron chi connectivity index (χ3n) is 2.10. The van der Waals surface area contributed by atoms with Gasteiger partial charge in [-0.05, 0) is 19.3 Å². The lowest BCUT2D eigenvalue weighted by Crippen LogP contribution is -2.22. The van der Waals surface area contributed by atoms with Crippen molar-refractivity contribution >= 4 is 11.8 Å². The topological polar surface area (TPSA) is 29.5 Å². The number of ether oxygens (including phenoxy) is 1. The van der Waals surface area contributed by atoms with Gasteiger partial charge in [-0.3, -0.25) is 0 Å². The van der Waals surface area contributed by atoms with Crippen molar-refractivity contribution in [1.82, 2.24) is 0 Å². The van der Waals surface area contributed by atoms with E-state index in [4.69, 9.17) is 9.84 Å². The Labute approximate surface area is 78.7 Å². The second-order valence-corrected chi connectivity index (χ2v) is 4.79. The standard InChI is InChI=1S/C9H18O2S/c1-8(6-10)12-7-9-4-2-3-5-11-9/h8-10H,2-7H2,1H3. The van der Waals surface area contributed by atoms with Gasteiger partial charge in [-0.1, -0.05) is 6.92 Å². The van der Waals surface area contributed by atoms with Crippen LogP contribution >= 0.6 is 11.8 Å². The van der Waals surface area contributed by atoms with Crippen LogP contribution in [0.2, 0.25) is 0 Å². The van der Waals surface area contributed by atoms with E-state index >= 15 is 0 Å². The van der Waals surface area contributed by atoms with Crippen molar-refractivity contribution in [2.24, 2.45) is 0 Å². The van der Waals surface area contributed by atoms with Crippen LogP contribution in [0.15, 0.2) is 0 Å². The molecule has 0 amide bonds. The monoisotopic (exact) mass is 190 g/mol. The van der Waals surface area contributed by atoms with Gasteiger partial charge in [-0.2, -0.15) is 11.8 Å². The molecule has 0 aromatic rings. The van der Waals surface area contributed by atoms with E-state index in [0.717, 1.165) is 12.4 Å². The molecule has 0 bridgehead atoms. The number of aliphatic hydroxyl groups excluding tert-OH is 1. The maximum Gasteiger partial charge on any atom is 0.0665 e. The Bertz CT molecular complexity index is 113. The fourth-order valence-corrected chi connectivity index (χ4v) is 2.17. The molecule has 12 heavy (non-hydrogen) atoms. The molecule has 0 spiro atoms. The summed E-state index contributed by atoms with van der Waals surface area (Å²) in [6, 6.07) is 0. The zero-order chi connectivity index (χ0) is 8.81. The van der Waals surface area contributed by atoms with Gasteiger partial charge >= 0.3 is 0 Å². The van der Waals surface area contributed by atoms with Crippen LogP contribution in [0.3, 0.4) is 0 Å². The maximum atomic E-state index is 8.80. The molecule has 0 saturated carbocycles. The number of aliphatic hydroxyl groups is 1. The molecule has 2 atom stereocenters. The minimum Gasteiger partial charge on any atom is -0.395 e. The Hall–Kier alpha value is 0.270. The Morgan fingerprint density at radius 2 is 2.42 bits per heavy atom. The molecule has 1 saturated heterocycles. The van der Waals surface area contributed by atoms with E-state index in [0.29, 0.717) is 11.4 Å². The predicted molar refractivity (Wildman–Crippen MR) is 52.6 cm³/mol. The van der Waals surface area contributed by atoms with Crippen LogP contribution < -0.4 is 0 Å². The van der Waals surface area contributed by atoms with Crippen LogP contribution in [-0.4, -0.2) is 35.4 Å². The maximum absolute atomic E-state index is 8.80. The van der Waals surface area contributed by atoms with Gasteiger partial charge in [0.2, 0.25) is 0 Å². The van der Waals surface area contributed by atoms with Gasteiger partial charge in [-0.15, -0.1) is 0 Å². The van der Waals surface area contributed by atoms with Crippen molar-refractivity contribution in [3.05, 3.63) is 0 Å². The van der Waals surface area contributed by atoms with E-state index in [1.165, 1.54) is 19.3 Å². The minimum absolute atomic E-state index is 0.275. The van der Waals surface area contributed by atoms with Crippen molar-refractivity contribution in [2.45, 2.75) is 37.5 Å². The molecule has 1 aliphatic rings. The summed E-state index contributed by atoms with van der Waals surface area (Å²) >= 11 is 1.81. The summed E-state index contributed by atoms with van der Waals surface area (Å²) in [7, 11) is 0. The first-order valence-corrected chi connectivity index (χ1v) is 5.72. The normalized spacial score (nSPS) is 27.0. The Morgan fingerprint density at radius 3 is 3.00 bits per heavy atom. The molecule has 72 valence electrons. The molecule has 0 aromatic carbocycles. The highest BCUT2D eigenvalue weighted by Crippen LogP contribution is 2.19. The molecular weight excluding hydrogens is 172 g/mol. The molecule has 2 unspecified atom stereocenters. The molecule has 3 heteroatoms. The van der Waals surface area contributed by atoms with E-state index in [2.05, 4.69) is 0 Å². The summed E-state index contributed by atoms with van der Waals surface area (Å²) < 4.78 is 5.57. The zero-order valence-electron chi connectivity index (χ0n) is 7.66. The van der Waals surface area contributed by atoms with Gasteiger partial charge in [0.15, 0.2) is 0 Å². The highest BCUT2D eigenvalue weighted by atomic mass is 32.2. The van der Waals surface area contributed by atoms with Crippen molar-refractivity contribution < 1.29 is 9.84 Å². The smallest absolute Gasteiger partial charge is 0.0665 e. The molecule has 0 aliphatic carbocycles. The molecule has 2 nitrogen and oxygen atoms in total. The average Bonchev–Trinajstić information content (AvgIpc) is 2.16. The van der Waals surface area contributed by atoms with Crippen LogP contribution in [0.4, 0.5) is 0 Å². The van der Waals surface area contributed by atoms with E-state index in [1.807, 2.05) is 18.7 Å². The molecule has 1 rings (SSSR count). The fourth-order valence-electron chi connectivity index (χ4n) is 1.26. The summed E-state index contributed by atoms with van der Waals surface area (Å²) in [5.41, 5.74) is 0. The quantitative estimate of drug-likeness (QED) is 0.731. The first-order valence-electron chi connectivity index (χ1n) is 4.67. The Balaban J connectivity index is 2.05. The van der Waals surface area contributed by atoms with E-state index in [-0.39, 0.29) is 6.61 Å². The fraction of sp³-hybridized carbons (Fsp3) is 1.00. The van der Waals surface area contributed by atoms with E-state index < -0.39 is 0 Å². The minimum atomic E-state index is 0.275. The molecule has 1 fully saturated rings. The third-order valence-corrected chi connectivity index (χ3v) is 3.38. The van der Waals surface area contributed by atoms with Crippen molar-refractivity contribution in [3.63, 3.8) is 0 Å². The SMILES string of the molecule is CC(CO)SCC1CCCCO1. The van der Waals surface area contributed by atoms with Gasteiger partial charge in [0.1, 0.15) is 0 Å². The Kier molecular flexibility index (Phi) is 5.04. The van der Waals surface area contributed by atoms with Gasteiger partial charge in [0, 0.05) is 17.6 Å². The summed E-state index contributed by atoms with van der Waals surface area (Å²) in [4.78, 5) is 0. The molecule has 0 aromatic heterocycles. The largest absolute Gasteiger partial charge is 0.395 e. The lowest BCUT2D eigenvalue weighted by atomic mass is 10.1. The molecule has 1 heterocycles. The third kappa shape index (κ3) is 3.78. The van der Waals surface area contributed by atoms with Crippen molar-refractivity contribution in [2.75, 3.05) is 19.0 Å². The summed E-state index contributed by atoms with van der Waals surface area (Å²) in [6.07, 6.45) is 4.17. The van der Waals surface area contributed by atoms with Crippen LogP contribution in [0.1, 0.15) is 26.2 Å². The number of rotatable bonds is 4. The Morgan fingerprint density at radius 1 is 1.58 bits per heavy atom. The summed E-state index contributed by atoms with van der Waals surface area (Å²) in [5, 5.41) is 9.16. The van der Waals surface area contributed by atoms with Crippen LogP contribution in [-0.2, 0) is 4.74 Å². The number of hydrogen-bond donors (Lipinski definition) is 1. The molecule has 1 aliphatic heterocycles. The first kappa shape index (κ1) is 10.4. The lowest BCUT2D eigenvalue weighted by molar-refractivity contribution is 0.0314. The van der Waals surface area contributed by atoms with E-state index in [1.54, 1.807) is 0 Å². The van der Waals surface area contributed by atoms with Gasteiger partial charge in [0.25, 0.3) is 0 Å². The highest BCUT2D eigenvalue weighted by Gasteiger charge is 2.14. The number of hydrogen-bond acceptors (Lipinski definition) is 3. The predicted octanol–water partition coefficient (Wildman–Crippen LogP) is 1.67. The van der Waals surface area contributed by atoms with Gasteiger partial charge in [0.05, 0.1) is 12.7 Å². The second kappa shape index (κ2) is 5.84. The highest BCUT2D eigenvalue weighted by molar-refractivity contribution is 7.99. The van der Waals surface area contributed by atoms with Crippen LogP contribution in [0.5, 0.6) is 0 Å². The van der Waals surface area contributed by atoms with Crippen LogP contribution in [0.25, 0.3) is 0 Å². The van der Waals surface area contributed by atoms with Crippen molar-refractivity contribution in [1.29, 1.82) is 0 Å². The van der Waals surface area contributed by atoms with Crippen LogP contribution in [0, 0.1) is 0 Å². The first-order chi connectivity index (χ1) is 5.83. The summed E-state index contributed by atoms with van der Waals surface area (Å²) in [5.74, 6) is 1.04. The zero-order valence-corrected chi connectivity index (χ0v) is 8.48.